The highest BCUT2D eigenvalue weighted by Crippen LogP contribution is 2.23. The van der Waals surface area contributed by atoms with Crippen molar-refractivity contribution in [2.45, 2.75) is 26.7 Å². The lowest BCUT2D eigenvalue weighted by Crippen LogP contribution is -2.02. The van der Waals surface area contributed by atoms with Crippen molar-refractivity contribution in [3.8, 4) is 5.75 Å². The monoisotopic (exact) mass is 207 g/mol. The Labute approximate surface area is 90.2 Å². The van der Waals surface area contributed by atoms with Gasteiger partial charge in [0.05, 0.1) is 12.3 Å². The van der Waals surface area contributed by atoms with Crippen LogP contribution in [0.25, 0.3) is 0 Å². The second-order valence-electron chi connectivity index (χ2n) is 3.36. The summed E-state index contributed by atoms with van der Waals surface area (Å²) in [5.74, 6) is 0.776. The molecule has 82 valence electrons. The first kappa shape index (κ1) is 11.6. The number of nitrogen functional groups attached to an aromatic ring is 1. The summed E-state index contributed by atoms with van der Waals surface area (Å²) in [5.41, 5.74) is 6.96. The summed E-state index contributed by atoms with van der Waals surface area (Å²) in [6.07, 6.45) is 1.42. The molecule has 1 aromatic carbocycles. The molecule has 0 saturated heterocycles. The number of anilines is 1. The maximum absolute atomic E-state index is 11.6. The van der Waals surface area contributed by atoms with E-state index in [0.29, 0.717) is 30.0 Å². The molecule has 0 fully saturated rings. The Morgan fingerprint density at radius 3 is 2.67 bits per heavy atom. The van der Waals surface area contributed by atoms with Crippen LogP contribution in [0.5, 0.6) is 5.75 Å². The van der Waals surface area contributed by atoms with E-state index in [1.165, 1.54) is 0 Å². The molecule has 0 amide bonds. The standard InChI is InChI=1S/C12H17NO2/c1-3-5-11(14)9-6-7-12(15-4-2)10(13)8-9/h6-8H,3-5,13H2,1-2H3. The van der Waals surface area contributed by atoms with Gasteiger partial charge in [-0.3, -0.25) is 4.79 Å². The summed E-state index contributed by atoms with van der Waals surface area (Å²) in [7, 11) is 0. The molecule has 2 N–H and O–H groups in total. The summed E-state index contributed by atoms with van der Waals surface area (Å²) in [6, 6.07) is 5.20. The largest absolute Gasteiger partial charge is 0.492 e. The average molecular weight is 207 g/mol. The van der Waals surface area contributed by atoms with E-state index < -0.39 is 0 Å². The molecule has 0 aliphatic heterocycles. The van der Waals surface area contributed by atoms with Crippen LogP contribution in [0.15, 0.2) is 18.2 Å². The smallest absolute Gasteiger partial charge is 0.162 e. The number of ether oxygens (including phenoxy) is 1. The number of carbonyl (C=O) groups is 1. The third-order valence-corrected chi connectivity index (χ3v) is 2.11. The highest BCUT2D eigenvalue weighted by atomic mass is 16.5. The van der Waals surface area contributed by atoms with Gasteiger partial charge in [-0.15, -0.1) is 0 Å². The number of Topliss-reactive ketones (excluding diaryl/α,β-unsaturated/α-hetero) is 1. The van der Waals surface area contributed by atoms with Crippen molar-refractivity contribution in [1.82, 2.24) is 0 Å². The molecule has 0 bridgehead atoms. The van der Waals surface area contributed by atoms with E-state index in [9.17, 15) is 4.79 Å². The zero-order valence-corrected chi connectivity index (χ0v) is 9.25. The number of hydrogen-bond donors (Lipinski definition) is 1. The van der Waals surface area contributed by atoms with E-state index in [0.717, 1.165) is 6.42 Å². The lowest BCUT2D eigenvalue weighted by molar-refractivity contribution is 0.0982. The molecule has 0 heterocycles. The van der Waals surface area contributed by atoms with Crippen molar-refractivity contribution in [2.75, 3.05) is 12.3 Å². The van der Waals surface area contributed by atoms with Crippen molar-refractivity contribution in [3.05, 3.63) is 23.8 Å². The molecule has 3 heteroatoms. The number of ketones is 1. The lowest BCUT2D eigenvalue weighted by atomic mass is 10.1. The minimum Gasteiger partial charge on any atom is -0.492 e. The number of nitrogens with two attached hydrogens (primary N) is 1. The minimum atomic E-state index is 0.132. The number of carbonyl (C=O) groups excluding carboxylic acids is 1. The highest BCUT2D eigenvalue weighted by molar-refractivity contribution is 5.97. The molecule has 0 radical (unpaired) electrons. The Kier molecular flexibility index (Phi) is 4.16. The predicted molar refractivity (Wildman–Crippen MR) is 61.3 cm³/mol. The molecule has 0 aliphatic carbocycles. The summed E-state index contributed by atoms with van der Waals surface area (Å²) < 4.78 is 5.30. The van der Waals surface area contributed by atoms with Gasteiger partial charge in [0.1, 0.15) is 5.75 Å². The summed E-state index contributed by atoms with van der Waals surface area (Å²) >= 11 is 0. The van der Waals surface area contributed by atoms with Gasteiger partial charge in [0, 0.05) is 12.0 Å². The Hall–Kier alpha value is -1.51. The summed E-state index contributed by atoms with van der Waals surface area (Å²) in [5, 5.41) is 0. The van der Waals surface area contributed by atoms with Crippen molar-refractivity contribution in [3.63, 3.8) is 0 Å². The first-order valence-electron chi connectivity index (χ1n) is 5.24. The fourth-order valence-corrected chi connectivity index (χ4v) is 1.38. The van der Waals surface area contributed by atoms with Crippen LogP contribution in [0.3, 0.4) is 0 Å². The van der Waals surface area contributed by atoms with Gasteiger partial charge in [0.15, 0.2) is 5.78 Å². The molecule has 0 unspecified atom stereocenters. The van der Waals surface area contributed by atoms with E-state index >= 15 is 0 Å². The highest BCUT2D eigenvalue weighted by Gasteiger charge is 2.07. The topological polar surface area (TPSA) is 52.3 Å². The van der Waals surface area contributed by atoms with E-state index in [4.69, 9.17) is 10.5 Å². The van der Waals surface area contributed by atoms with Gasteiger partial charge >= 0.3 is 0 Å². The van der Waals surface area contributed by atoms with Gasteiger partial charge in [-0.05, 0) is 31.5 Å². The zero-order chi connectivity index (χ0) is 11.3. The van der Waals surface area contributed by atoms with Crippen LogP contribution in [0.1, 0.15) is 37.0 Å². The molecule has 3 nitrogen and oxygen atoms in total. The molecule has 15 heavy (non-hydrogen) atoms. The maximum Gasteiger partial charge on any atom is 0.162 e. The molecule has 0 spiro atoms. The number of hydrogen-bond acceptors (Lipinski definition) is 3. The summed E-state index contributed by atoms with van der Waals surface area (Å²) in [4.78, 5) is 11.6. The van der Waals surface area contributed by atoms with E-state index in [-0.39, 0.29) is 5.78 Å². The molecular weight excluding hydrogens is 190 g/mol. The van der Waals surface area contributed by atoms with Crippen LogP contribution in [-0.2, 0) is 0 Å². The van der Waals surface area contributed by atoms with Crippen molar-refractivity contribution < 1.29 is 9.53 Å². The number of rotatable bonds is 5. The molecule has 1 aromatic rings. The van der Waals surface area contributed by atoms with Crippen molar-refractivity contribution in [2.24, 2.45) is 0 Å². The third kappa shape index (κ3) is 2.98. The fourth-order valence-electron chi connectivity index (χ4n) is 1.38. The summed E-state index contributed by atoms with van der Waals surface area (Å²) in [6.45, 7) is 4.46. The molecule has 0 atom stereocenters. The second-order valence-corrected chi connectivity index (χ2v) is 3.36. The second kappa shape index (κ2) is 5.39. The number of benzene rings is 1. The first-order valence-corrected chi connectivity index (χ1v) is 5.24. The normalized spacial score (nSPS) is 10.0. The average Bonchev–Trinajstić information content (AvgIpc) is 2.21. The van der Waals surface area contributed by atoms with Gasteiger partial charge in [-0.25, -0.2) is 0 Å². The molecule has 0 aliphatic rings. The van der Waals surface area contributed by atoms with Crippen LogP contribution in [0.4, 0.5) is 5.69 Å². The molecule has 0 saturated carbocycles. The Balaban J connectivity index is 2.86. The lowest BCUT2D eigenvalue weighted by Gasteiger charge is -2.07. The van der Waals surface area contributed by atoms with Crippen LogP contribution < -0.4 is 10.5 Å². The van der Waals surface area contributed by atoms with Gasteiger partial charge in [-0.1, -0.05) is 6.92 Å². The van der Waals surface area contributed by atoms with E-state index in [1.54, 1.807) is 18.2 Å². The Morgan fingerprint density at radius 2 is 2.13 bits per heavy atom. The maximum atomic E-state index is 11.6. The fraction of sp³-hybridized carbons (Fsp3) is 0.417. The van der Waals surface area contributed by atoms with E-state index in [1.807, 2.05) is 13.8 Å². The van der Waals surface area contributed by atoms with Gasteiger partial charge in [0.25, 0.3) is 0 Å². The molecule has 1 rings (SSSR count). The zero-order valence-electron chi connectivity index (χ0n) is 9.25. The SMILES string of the molecule is CCCC(=O)c1ccc(OCC)c(N)c1. The third-order valence-electron chi connectivity index (χ3n) is 2.11. The van der Waals surface area contributed by atoms with Gasteiger partial charge in [-0.2, -0.15) is 0 Å². The molecular formula is C12H17NO2. The van der Waals surface area contributed by atoms with Crippen LogP contribution >= 0.6 is 0 Å². The predicted octanol–water partition coefficient (Wildman–Crippen LogP) is 2.65. The minimum absolute atomic E-state index is 0.132. The Morgan fingerprint density at radius 1 is 1.40 bits per heavy atom. The van der Waals surface area contributed by atoms with Crippen LogP contribution in [0, 0.1) is 0 Å². The van der Waals surface area contributed by atoms with Crippen LogP contribution in [0.2, 0.25) is 0 Å². The van der Waals surface area contributed by atoms with Crippen molar-refractivity contribution in [1.29, 1.82) is 0 Å². The van der Waals surface area contributed by atoms with Gasteiger partial charge in [0.2, 0.25) is 0 Å². The van der Waals surface area contributed by atoms with Crippen molar-refractivity contribution >= 4 is 11.5 Å². The quantitative estimate of drug-likeness (QED) is 0.596. The molecule has 0 aromatic heterocycles. The first-order chi connectivity index (χ1) is 7.19. The van der Waals surface area contributed by atoms with E-state index in [2.05, 4.69) is 0 Å². The van der Waals surface area contributed by atoms with Crippen LogP contribution in [-0.4, -0.2) is 12.4 Å². The Bertz CT molecular complexity index is 347. The van der Waals surface area contributed by atoms with Gasteiger partial charge < -0.3 is 10.5 Å².